The van der Waals surface area contributed by atoms with Crippen molar-refractivity contribution in [3.05, 3.63) is 44.6 Å². The number of benzene rings is 1. The third-order valence-electron chi connectivity index (χ3n) is 2.73. The number of halogens is 1. The Bertz CT molecular complexity index is 658. The number of thiazole rings is 1. The normalized spacial score (nSPS) is 10.6. The third-order valence-corrected chi connectivity index (χ3v) is 3.63. The number of nitrogens with zero attached hydrogens (tertiary/aromatic N) is 1. The van der Waals surface area contributed by atoms with Crippen LogP contribution >= 0.6 is 11.3 Å². The van der Waals surface area contributed by atoms with Crippen LogP contribution in [-0.2, 0) is 11.3 Å². The lowest BCUT2D eigenvalue weighted by Gasteiger charge is -2.07. The van der Waals surface area contributed by atoms with E-state index in [1.165, 1.54) is 16.7 Å². The minimum Gasteiger partial charge on any atom is -0.481 e. The van der Waals surface area contributed by atoms with E-state index in [4.69, 9.17) is 5.11 Å². The molecule has 0 fully saturated rings. The van der Waals surface area contributed by atoms with Crippen LogP contribution in [0.4, 0.5) is 4.39 Å². The monoisotopic (exact) mass is 281 g/mol. The molecule has 0 amide bonds. The van der Waals surface area contributed by atoms with Crippen LogP contribution in [-0.4, -0.2) is 15.6 Å². The van der Waals surface area contributed by atoms with Gasteiger partial charge in [-0.15, -0.1) is 0 Å². The van der Waals surface area contributed by atoms with Crippen LogP contribution in [0, 0.1) is 12.7 Å². The van der Waals surface area contributed by atoms with Crippen molar-refractivity contribution in [3.63, 3.8) is 0 Å². The maximum absolute atomic E-state index is 12.9. The van der Waals surface area contributed by atoms with Gasteiger partial charge in [-0.25, -0.2) is 4.39 Å². The van der Waals surface area contributed by atoms with Gasteiger partial charge < -0.3 is 5.11 Å². The van der Waals surface area contributed by atoms with Gasteiger partial charge >= 0.3 is 10.8 Å². The molecule has 2 rings (SSSR count). The first-order valence-electron chi connectivity index (χ1n) is 5.67. The summed E-state index contributed by atoms with van der Waals surface area (Å²) in [5.41, 5.74) is 1.37. The number of aliphatic carboxylic acids is 1. The Morgan fingerprint density at radius 3 is 2.58 bits per heavy atom. The Kier molecular flexibility index (Phi) is 3.80. The highest BCUT2D eigenvalue weighted by atomic mass is 32.1. The number of aryl methyl sites for hydroxylation is 1. The van der Waals surface area contributed by atoms with Crippen molar-refractivity contribution < 1.29 is 14.3 Å². The van der Waals surface area contributed by atoms with Gasteiger partial charge in [0, 0.05) is 11.4 Å². The Balaban J connectivity index is 2.47. The molecule has 19 heavy (non-hydrogen) atoms. The number of aromatic nitrogens is 1. The first kappa shape index (κ1) is 13.5. The summed E-state index contributed by atoms with van der Waals surface area (Å²) in [6.07, 6.45) is -0.121. The van der Waals surface area contributed by atoms with E-state index >= 15 is 0 Å². The van der Waals surface area contributed by atoms with Crippen molar-refractivity contribution in [3.8, 4) is 11.3 Å². The van der Waals surface area contributed by atoms with Gasteiger partial charge in [0.05, 0.1) is 12.1 Å². The zero-order valence-corrected chi connectivity index (χ0v) is 11.0. The fourth-order valence-electron chi connectivity index (χ4n) is 1.89. The minimum atomic E-state index is -0.958. The van der Waals surface area contributed by atoms with Crippen molar-refractivity contribution in [2.24, 2.45) is 0 Å². The smallest absolute Gasteiger partial charge is 0.307 e. The van der Waals surface area contributed by atoms with Crippen LogP contribution in [0.1, 0.15) is 11.3 Å². The second kappa shape index (κ2) is 5.36. The first-order chi connectivity index (χ1) is 8.99. The van der Waals surface area contributed by atoms with E-state index in [-0.39, 0.29) is 23.7 Å². The molecule has 0 aliphatic rings. The van der Waals surface area contributed by atoms with Crippen molar-refractivity contribution in [2.45, 2.75) is 19.9 Å². The zero-order valence-electron chi connectivity index (χ0n) is 10.2. The molecule has 0 saturated heterocycles. The molecular weight excluding hydrogens is 269 g/mol. The molecule has 0 saturated carbocycles. The van der Waals surface area contributed by atoms with Gasteiger partial charge in [-0.1, -0.05) is 11.3 Å². The van der Waals surface area contributed by atoms with Crippen LogP contribution in [0.15, 0.2) is 29.1 Å². The molecule has 1 aromatic heterocycles. The van der Waals surface area contributed by atoms with E-state index in [1.54, 1.807) is 19.1 Å². The van der Waals surface area contributed by atoms with Crippen LogP contribution in [0.2, 0.25) is 0 Å². The van der Waals surface area contributed by atoms with Crippen LogP contribution < -0.4 is 4.87 Å². The topological polar surface area (TPSA) is 59.3 Å². The number of rotatable bonds is 4. The Morgan fingerprint density at radius 2 is 2.00 bits per heavy atom. The lowest BCUT2D eigenvalue weighted by molar-refractivity contribution is -0.137. The fourth-order valence-corrected chi connectivity index (χ4v) is 2.77. The van der Waals surface area contributed by atoms with Gasteiger partial charge in [-0.05, 0) is 36.8 Å². The number of hydrogen-bond donors (Lipinski definition) is 1. The molecule has 100 valence electrons. The Hall–Kier alpha value is -1.95. The number of carboxylic acids is 1. The minimum absolute atomic E-state index is 0.116. The predicted molar refractivity (Wildman–Crippen MR) is 71.0 cm³/mol. The van der Waals surface area contributed by atoms with E-state index in [2.05, 4.69) is 0 Å². The molecule has 1 N–H and O–H groups in total. The molecule has 1 heterocycles. The maximum atomic E-state index is 12.9. The van der Waals surface area contributed by atoms with Gasteiger partial charge in [-0.2, -0.15) is 0 Å². The molecule has 6 heteroatoms. The second-order valence-corrected chi connectivity index (χ2v) is 5.24. The lowest BCUT2D eigenvalue weighted by Crippen LogP contribution is -2.16. The SMILES string of the molecule is Cc1sc(=O)n(CCC(=O)O)c1-c1ccc(F)cc1. The zero-order chi connectivity index (χ0) is 14.0. The average molecular weight is 281 g/mol. The molecule has 2 aromatic rings. The summed E-state index contributed by atoms with van der Waals surface area (Å²) in [5.74, 6) is -1.31. The summed E-state index contributed by atoms with van der Waals surface area (Å²) in [6, 6.07) is 5.80. The molecule has 0 aliphatic carbocycles. The van der Waals surface area contributed by atoms with E-state index in [9.17, 15) is 14.0 Å². The van der Waals surface area contributed by atoms with Crippen molar-refractivity contribution in [2.75, 3.05) is 0 Å². The molecule has 1 aromatic carbocycles. The highest BCUT2D eigenvalue weighted by Crippen LogP contribution is 2.25. The summed E-state index contributed by atoms with van der Waals surface area (Å²) >= 11 is 1.07. The predicted octanol–water partition coefficient (Wildman–Crippen LogP) is 2.50. The Morgan fingerprint density at radius 1 is 1.37 bits per heavy atom. The standard InChI is InChI=1S/C13H12FNO3S/c1-8-12(9-2-4-10(14)5-3-9)15(13(18)19-8)7-6-11(16)17/h2-5H,6-7H2,1H3,(H,16,17). The molecule has 0 atom stereocenters. The van der Waals surface area contributed by atoms with Gasteiger partial charge in [0.25, 0.3) is 0 Å². The van der Waals surface area contributed by atoms with Gasteiger partial charge in [0.2, 0.25) is 0 Å². The Labute approximate surface area is 112 Å². The van der Waals surface area contributed by atoms with Gasteiger partial charge in [0.1, 0.15) is 5.82 Å². The first-order valence-corrected chi connectivity index (χ1v) is 6.48. The molecule has 0 bridgehead atoms. The van der Waals surface area contributed by atoms with Crippen LogP contribution in [0.3, 0.4) is 0 Å². The molecule has 0 radical (unpaired) electrons. The molecule has 0 spiro atoms. The largest absolute Gasteiger partial charge is 0.481 e. The summed E-state index contributed by atoms with van der Waals surface area (Å²) < 4.78 is 14.4. The number of hydrogen-bond acceptors (Lipinski definition) is 3. The maximum Gasteiger partial charge on any atom is 0.307 e. The average Bonchev–Trinajstić information content (AvgIpc) is 2.62. The highest BCUT2D eigenvalue weighted by Gasteiger charge is 2.14. The summed E-state index contributed by atoms with van der Waals surface area (Å²) in [4.78, 5) is 23.0. The quantitative estimate of drug-likeness (QED) is 0.936. The van der Waals surface area contributed by atoms with Crippen LogP contribution in [0.25, 0.3) is 11.3 Å². The van der Waals surface area contributed by atoms with Crippen molar-refractivity contribution >= 4 is 17.3 Å². The molecule has 0 unspecified atom stereocenters. The van der Waals surface area contributed by atoms with E-state index in [0.29, 0.717) is 11.3 Å². The summed E-state index contributed by atoms with van der Waals surface area (Å²) in [5, 5.41) is 8.71. The van der Waals surface area contributed by atoms with Gasteiger partial charge in [-0.3, -0.25) is 14.2 Å². The molecule has 4 nitrogen and oxygen atoms in total. The summed E-state index contributed by atoms with van der Waals surface area (Å²) in [6.45, 7) is 1.91. The van der Waals surface area contributed by atoms with E-state index in [1.807, 2.05) is 0 Å². The highest BCUT2D eigenvalue weighted by molar-refractivity contribution is 7.09. The van der Waals surface area contributed by atoms with E-state index < -0.39 is 5.97 Å². The summed E-state index contributed by atoms with van der Waals surface area (Å²) in [7, 11) is 0. The van der Waals surface area contributed by atoms with Gasteiger partial charge in [0.15, 0.2) is 0 Å². The third kappa shape index (κ3) is 2.90. The second-order valence-electron chi connectivity index (χ2n) is 4.08. The molecular formula is C13H12FNO3S. The van der Waals surface area contributed by atoms with Crippen molar-refractivity contribution in [1.82, 2.24) is 4.57 Å². The number of carboxylic acid groups (broad SMARTS) is 1. The van der Waals surface area contributed by atoms with Crippen LogP contribution in [0.5, 0.6) is 0 Å². The fraction of sp³-hybridized carbons (Fsp3) is 0.231. The number of carbonyl (C=O) groups is 1. The van der Waals surface area contributed by atoms with E-state index in [0.717, 1.165) is 16.2 Å². The van der Waals surface area contributed by atoms with Crippen molar-refractivity contribution in [1.29, 1.82) is 0 Å². The lowest BCUT2D eigenvalue weighted by atomic mass is 10.1. The molecule has 0 aliphatic heterocycles.